The Balaban J connectivity index is 2.14. The first kappa shape index (κ1) is 13.1. The summed E-state index contributed by atoms with van der Waals surface area (Å²) in [6.45, 7) is 3.55. The molecule has 96 valence electrons. The second-order valence-electron chi connectivity index (χ2n) is 4.72. The number of hydrogen-bond donors (Lipinski definition) is 2. The number of nitrogens with one attached hydrogen (secondary N) is 2. The van der Waals surface area contributed by atoms with E-state index in [2.05, 4.69) is 10.6 Å². The van der Waals surface area contributed by atoms with Gasteiger partial charge in [0.1, 0.15) is 12.1 Å². The van der Waals surface area contributed by atoms with Crippen LogP contribution in [0.3, 0.4) is 0 Å². The standard InChI is InChI=1S/C14H14N4O/c1-9-7-17-8-13(9)14(19)18-12-3-2-10(5-15)11(4-12)6-16/h2-4,9,13,17H,7-8H2,1H3,(H,18,19). The predicted molar refractivity (Wildman–Crippen MR) is 70.0 cm³/mol. The second kappa shape index (κ2) is 5.51. The van der Waals surface area contributed by atoms with Gasteiger partial charge in [-0.2, -0.15) is 10.5 Å². The van der Waals surface area contributed by atoms with Gasteiger partial charge in [0.25, 0.3) is 0 Å². The Morgan fingerprint density at radius 3 is 2.63 bits per heavy atom. The van der Waals surface area contributed by atoms with E-state index in [1.807, 2.05) is 19.1 Å². The summed E-state index contributed by atoms with van der Waals surface area (Å²) in [5, 5.41) is 23.7. The van der Waals surface area contributed by atoms with Gasteiger partial charge in [0.05, 0.1) is 17.0 Å². The molecule has 5 nitrogen and oxygen atoms in total. The highest BCUT2D eigenvalue weighted by atomic mass is 16.1. The number of nitrogens with zero attached hydrogens (tertiary/aromatic N) is 2. The number of nitriles is 2. The molecule has 5 heteroatoms. The Morgan fingerprint density at radius 1 is 1.32 bits per heavy atom. The zero-order valence-electron chi connectivity index (χ0n) is 10.6. The van der Waals surface area contributed by atoms with Crippen LogP contribution in [0.1, 0.15) is 18.1 Å². The average Bonchev–Trinajstić information content (AvgIpc) is 2.85. The van der Waals surface area contributed by atoms with Crippen LogP contribution < -0.4 is 10.6 Å². The van der Waals surface area contributed by atoms with Gasteiger partial charge in [0.2, 0.25) is 5.91 Å². The third-order valence-corrected chi connectivity index (χ3v) is 3.38. The van der Waals surface area contributed by atoms with Crippen molar-refractivity contribution in [1.82, 2.24) is 5.32 Å². The molecule has 1 aromatic carbocycles. The molecule has 19 heavy (non-hydrogen) atoms. The fourth-order valence-electron chi connectivity index (χ4n) is 2.21. The van der Waals surface area contributed by atoms with Crippen LogP contribution in [-0.2, 0) is 4.79 Å². The molecule has 1 aromatic rings. The number of carbonyl (C=O) groups is 1. The van der Waals surface area contributed by atoms with E-state index in [9.17, 15) is 4.79 Å². The summed E-state index contributed by atoms with van der Waals surface area (Å²) >= 11 is 0. The van der Waals surface area contributed by atoms with Gasteiger partial charge in [-0.1, -0.05) is 6.92 Å². The summed E-state index contributed by atoms with van der Waals surface area (Å²) in [5.74, 6) is 0.195. The minimum absolute atomic E-state index is 0.0499. The Labute approximate surface area is 111 Å². The van der Waals surface area contributed by atoms with E-state index >= 15 is 0 Å². The van der Waals surface area contributed by atoms with Crippen LogP contribution in [0.2, 0.25) is 0 Å². The molecule has 0 radical (unpaired) electrons. The predicted octanol–water partition coefficient (Wildman–Crippen LogP) is 1.22. The van der Waals surface area contributed by atoms with Gasteiger partial charge in [-0.05, 0) is 30.7 Å². The SMILES string of the molecule is CC1CNCC1C(=O)Nc1ccc(C#N)c(C#N)c1. The maximum absolute atomic E-state index is 12.1. The van der Waals surface area contributed by atoms with E-state index in [1.54, 1.807) is 12.1 Å². The summed E-state index contributed by atoms with van der Waals surface area (Å²) in [7, 11) is 0. The number of rotatable bonds is 2. The lowest BCUT2D eigenvalue weighted by molar-refractivity contribution is -0.120. The molecular formula is C14H14N4O. The molecule has 2 N–H and O–H groups in total. The molecule has 1 saturated heterocycles. The van der Waals surface area contributed by atoms with Crippen molar-refractivity contribution in [3.63, 3.8) is 0 Å². The Kier molecular flexibility index (Phi) is 3.79. The number of benzene rings is 1. The third-order valence-electron chi connectivity index (χ3n) is 3.38. The van der Waals surface area contributed by atoms with E-state index in [1.165, 1.54) is 6.07 Å². The van der Waals surface area contributed by atoms with Crippen LogP contribution in [0.5, 0.6) is 0 Å². The number of anilines is 1. The Morgan fingerprint density at radius 2 is 2.05 bits per heavy atom. The fourth-order valence-corrected chi connectivity index (χ4v) is 2.21. The van der Waals surface area contributed by atoms with Crippen molar-refractivity contribution in [3.05, 3.63) is 29.3 Å². The molecule has 1 amide bonds. The van der Waals surface area contributed by atoms with Crippen molar-refractivity contribution in [3.8, 4) is 12.1 Å². The molecule has 1 fully saturated rings. The first-order valence-corrected chi connectivity index (χ1v) is 6.11. The van der Waals surface area contributed by atoms with E-state index in [0.717, 1.165) is 6.54 Å². The van der Waals surface area contributed by atoms with Crippen molar-refractivity contribution in [2.75, 3.05) is 18.4 Å². The molecular weight excluding hydrogens is 240 g/mol. The highest BCUT2D eigenvalue weighted by Gasteiger charge is 2.29. The van der Waals surface area contributed by atoms with Crippen molar-refractivity contribution in [2.24, 2.45) is 11.8 Å². The van der Waals surface area contributed by atoms with Crippen LogP contribution in [0.4, 0.5) is 5.69 Å². The number of amides is 1. The number of hydrogen-bond acceptors (Lipinski definition) is 4. The molecule has 0 aromatic heterocycles. The Hall–Kier alpha value is -2.37. The smallest absolute Gasteiger partial charge is 0.229 e. The monoisotopic (exact) mass is 254 g/mol. The third kappa shape index (κ3) is 2.73. The van der Waals surface area contributed by atoms with E-state index in [4.69, 9.17) is 10.5 Å². The molecule has 0 saturated carbocycles. The quantitative estimate of drug-likeness (QED) is 0.830. The minimum Gasteiger partial charge on any atom is -0.326 e. The highest BCUT2D eigenvalue weighted by molar-refractivity contribution is 5.93. The maximum atomic E-state index is 12.1. The lowest BCUT2D eigenvalue weighted by Crippen LogP contribution is -2.27. The van der Waals surface area contributed by atoms with Crippen LogP contribution >= 0.6 is 0 Å². The van der Waals surface area contributed by atoms with Crippen LogP contribution in [0.25, 0.3) is 0 Å². The van der Waals surface area contributed by atoms with E-state index in [0.29, 0.717) is 23.7 Å². The minimum atomic E-state index is -0.0545. The van der Waals surface area contributed by atoms with Gasteiger partial charge in [0.15, 0.2) is 0 Å². The van der Waals surface area contributed by atoms with Crippen molar-refractivity contribution >= 4 is 11.6 Å². The molecule has 0 spiro atoms. The number of carbonyl (C=O) groups excluding carboxylic acids is 1. The van der Waals surface area contributed by atoms with Crippen LogP contribution in [0.15, 0.2) is 18.2 Å². The van der Waals surface area contributed by atoms with Crippen molar-refractivity contribution in [2.45, 2.75) is 6.92 Å². The van der Waals surface area contributed by atoms with E-state index < -0.39 is 0 Å². The molecule has 2 unspecified atom stereocenters. The summed E-state index contributed by atoms with van der Waals surface area (Å²) in [5.41, 5.74) is 1.15. The zero-order chi connectivity index (χ0) is 13.8. The normalized spacial score (nSPS) is 21.4. The fraction of sp³-hybridized carbons (Fsp3) is 0.357. The summed E-state index contributed by atoms with van der Waals surface area (Å²) in [4.78, 5) is 12.1. The van der Waals surface area contributed by atoms with Gasteiger partial charge >= 0.3 is 0 Å². The first-order chi connectivity index (χ1) is 9.15. The first-order valence-electron chi connectivity index (χ1n) is 6.11. The van der Waals surface area contributed by atoms with Gasteiger partial charge in [-0.15, -0.1) is 0 Å². The Bertz CT molecular complexity index is 582. The lowest BCUT2D eigenvalue weighted by Gasteiger charge is -2.14. The van der Waals surface area contributed by atoms with Gasteiger partial charge < -0.3 is 10.6 Å². The lowest BCUT2D eigenvalue weighted by atomic mass is 9.97. The average molecular weight is 254 g/mol. The van der Waals surface area contributed by atoms with Crippen molar-refractivity contribution in [1.29, 1.82) is 10.5 Å². The largest absolute Gasteiger partial charge is 0.326 e. The topological polar surface area (TPSA) is 88.7 Å². The summed E-state index contributed by atoms with van der Waals surface area (Å²) < 4.78 is 0. The molecule has 0 aliphatic carbocycles. The second-order valence-corrected chi connectivity index (χ2v) is 4.72. The summed E-state index contributed by atoms with van der Waals surface area (Å²) in [6.07, 6.45) is 0. The van der Waals surface area contributed by atoms with Crippen molar-refractivity contribution < 1.29 is 4.79 Å². The van der Waals surface area contributed by atoms with Gasteiger partial charge in [-0.3, -0.25) is 4.79 Å². The van der Waals surface area contributed by atoms with E-state index in [-0.39, 0.29) is 17.4 Å². The zero-order valence-corrected chi connectivity index (χ0v) is 10.6. The van der Waals surface area contributed by atoms with Crippen LogP contribution in [0, 0.1) is 34.5 Å². The molecule has 2 atom stereocenters. The maximum Gasteiger partial charge on any atom is 0.229 e. The van der Waals surface area contributed by atoms with Gasteiger partial charge in [0, 0.05) is 12.2 Å². The summed E-state index contributed by atoms with van der Waals surface area (Å²) in [6, 6.07) is 8.62. The highest BCUT2D eigenvalue weighted by Crippen LogP contribution is 2.20. The molecule has 1 aliphatic heterocycles. The van der Waals surface area contributed by atoms with Gasteiger partial charge in [-0.25, -0.2) is 0 Å². The molecule has 1 heterocycles. The van der Waals surface area contributed by atoms with Crippen LogP contribution in [-0.4, -0.2) is 19.0 Å². The molecule has 2 rings (SSSR count). The molecule has 1 aliphatic rings. The molecule has 0 bridgehead atoms.